The summed E-state index contributed by atoms with van der Waals surface area (Å²) >= 11 is 0. The first-order chi connectivity index (χ1) is 9.45. The van der Waals surface area contributed by atoms with Gasteiger partial charge in [-0.25, -0.2) is 0 Å². The summed E-state index contributed by atoms with van der Waals surface area (Å²) in [5.41, 5.74) is -0.753. The number of likely N-dealkylation sites (tertiary alicyclic amines) is 1. The third-order valence-electron chi connectivity index (χ3n) is 4.62. The highest BCUT2D eigenvalue weighted by Crippen LogP contribution is 2.21. The van der Waals surface area contributed by atoms with Gasteiger partial charge in [0.1, 0.15) is 5.54 Å². The zero-order valence-corrected chi connectivity index (χ0v) is 13.5. The van der Waals surface area contributed by atoms with Crippen LogP contribution in [0.5, 0.6) is 0 Å². The van der Waals surface area contributed by atoms with E-state index in [1.807, 2.05) is 6.92 Å². The number of carbonyl (C=O) groups is 1. The molecular weight excluding hydrogens is 254 g/mol. The van der Waals surface area contributed by atoms with Crippen molar-refractivity contribution in [2.45, 2.75) is 50.6 Å². The Hall–Kier alpha value is -0.650. The number of hydrogen-bond donors (Lipinski definition) is 2. The molecule has 0 bridgehead atoms. The lowest BCUT2D eigenvalue weighted by atomic mass is 9.90. The average Bonchev–Trinajstić information content (AvgIpc) is 2.81. The second-order valence-corrected chi connectivity index (χ2v) is 6.19. The molecule has 118 valence electrons. The molecule has 5 heteroatoms. The van der Waals surface area contributed by atoms with Crippen molar-refractivity contribution < 1.29 is 9.90 Å². The first-order valence-corrected chi connectivity index (χ1v) is 7.76. The predicted octanol–water partition coefficient (Wildman–Crippen LogP) is 1.25. The summed E-state index contributed by atoms with van der Waals surface area (Å²) in [4.78, 5) is 16.2. The third kappa shape index (κ3) is 4.43. The summed E-state index contributed by atoms with van der Waals surface area (Å²) in [6, 6.07) is 0.639. The van der Waals surface area contributed by atoms with Gasteiger partial charge in [-0.1, -0.05) is 6.92 Å². The fraction of sp³-hybridized carbons (Fsp3) is 0.933. The Morgan fingerprint density at radius 1 is 1.50 bits per heavy atom. The highest BCUT2D eigenvalue weighted by molar-refractivity contribution is 5.78. The van der Waals surface area contributed by atoms with Gasteiger partial charge in [0.05, 0.1) is 0 Å². The molecule has 0 aromatic rings. The van der Waals surface area contributed by atoms with Gasteiger partial charge in [-0.05, 0) is 66.3 Å². The summed E-state index contributed by atoms with van der Waals surface area (Å²) in [6.45, 7) is 5.21. The van der Waals surface area contributed by atoms with E-state index < -0.39 is 11.5 Å². The largest absolute Gasteiger partial charge is 0.480 e. The number of hydrogen-bond acceptors (Lipinski definition) is 4. The quantitative estimate of drug-likeness (QED) is 0.668. The van der Waals surface area contributed by atoms with Crippen LogP contribution in [0, 0.1) is 0 Å². The molecule has 1 heterocycles. The Bertz CT molecular complexity index is 303. The van der Waals surface area contributed by atoms with Crippen LogP contribution in [0.1, 0.15) is 39.0 Å². The van der Waals surface area contributed by atoms with Crippen LogP contribution in [-0.2, 0) is 4.79 Å². The molecule has 0 spiro atoms. The van der Waals surface area contributed by atoms with E-state index in [1.54, 1.807) is 7.05 Å². The van der Waals surface area contributed by atoms with Gasteiger partial charge in [0.15, 0.2) is 0 Å². The molecule has 1 aliphatic rings. The second kappa shape index (κ2) is 7.96. The van der Waals surface area contributed by atoms with E-state index in [-0.39, 0.29) is 0 Å². The number of rotatable bonds is 9. The smallest absolute Gasteiger partial charge is 0.323 e. The van der Waals surface area contributed by atoms with Gasteiger partial charge in [-0.3, -0.25) is 9.69 Å². The topological polar surface area (TPSA) is 55.8 Å². The third-order valence-corrected chi connectivity index (χ3v) is 4.62. The van der Waals surface area contributed by atoms with Crippen molar-refractivity contribution in [1.82, 2.24) is 15.1 Å². The first-order valence-electron chi connectivity index (χ1n) is 7.76. The Morgan fingerprint density at radius 2 is 2.20 bits per heavy atom. The van der Waals surface area contributed by atoms with E-state index >= 15 is 0 Å². The molecule has 1 rings (SSSR count). The monoisotopic (exact) mass is 285 g/mol. The maximum atomic E-state index is 11.4. The van der Waals surface area contributed by atoms with Crippen LogP contribution in [0.4, 0.5) is 0 Å². The van der Waals surface area contributed by atoms with Crippen LogP contribution in [0.2, 0.25) is 0 Å². The van der Waals surface area contributed by atoms with E-state index in [0.29, 0.717) is 18.9 Å². The summed E-state index contributed by atoms with van der Waals surface area (Å²) in [5, 5.41) is 12.4. The molecule has 20 heavy (non-hydrogen) atoms. The SMILES string of the molecule is CCC(CCCN1CCCC1CN(C)C)(NC)C(=O)O. The van der Waals surface area contributed by atoms with Crippen LogP contribution in [0.25, 0.3) is 0 Å². The Balaban J connectivity index is 2.44. The van der Waals surface area contributed by atoms with Gasteiger partial charge >= 0.3 is 5.97 Å². The number of aliphatic carboxylic acids is 1. The standard InChI is InChI=1S/C15H31N3O2/c1-5-15(16-2,14(19)20)9-7-11-18-10-6-8-13(18)12-17(3)4/h13,16H,5-12H2,1-4H3,(H,19,20). The van der Waals surface area contributed by atoms with Gasteiger partial charge in [-0.2, -0.15) is 0 Å². The normalized spacial score (nSPS) is 23.1. The molecule has 0 aliphatic carbocycles. The van der Waals surface area contributed by atoms with E-state index in [1.165, 1.54) is 12.8 Å². The van der Waals surface area contributed by atoms with Crippen molar-refractivity contribution in [2.75, 3.05) is 40.8 Å². The molecule has 0 aromatic carbocycles. The first kappa shape index (κ1) is 17.4. The van der Waals surface area contributed by atoms with Crippen LogP contribution in [0.15, 0.2) is 0 Å². The number of likely N-dealkylation sites (N-methyl/N-ethyl adjacent to an activating group) is 2. The van der Waals surface area contributed by atoms with Crippen molar-refractivity contribution in [2.24, 2.45) is 0 Å². The fourth-order valence-electron chi connectivity index (χ4n) is 3.25. The van der Waals surface area contributed by atoms with E-state index in [9.17, 15) is 9.90 Å². The van der Waals surface area contributed by atoms with Gasteiger partial charge in [0, 0.05) is 12.6 Å². The molecule has 2 atom stereocenters. The highest BCUT2D eigenvalue weighted by Gasteiger charge is 2.34. The van der Waals surface area contributed by atoms with Gasteiger partial charge < -0.3 is 15.3 Å². The van der Waals surface area contributed by atoms with Crippen molar-refractivity contribution in [1.29, 1.82) is 0 Å². The Labute approximate surface area is 123 Å². The molecule has 2 unspecified atom stereocenters. The van der Waals surface area contributed by atoms with Crippen molar-refractivity contribution in [3.8, 4) is 0 Å². The minimum Gasteiger partial charge on any atom is -0.480 e. The van der Waals surface area contributed by atoms with Gasteiger partial charge in [-0.15, -0.1) is 0 Å². The minimum absolute atomic E-state index is 0.625. The molecule has 0 radical (unpaired) electrons. The molecule has 1 saturated heterocycles. The second-order valence-electron chi connectivity index (χ2n) is 6.19. The zero-order valence-electron chi connectivity index (χ0n) is 13.5. The maximum Gasteiger partial charge on any atom is 0.323 e. The lowest BCUT2D eigenvalue weighted by Crippen LogP contribution is -2.50. The van der Waals surface area contributed by atoms with E-state index in [4.69, 9.17) is 0 Å². The lowest BCUT2D eigenvalue weighted by molar-refractivity contribution is -0.145. The van der Waals surface area contributed by atoms with Crippen LogP contribution >= 0.6 is 0 Å². The van der Waals surface area contributed by atoms with Gasteiger partial charge in [0.2, 0.25) is 0 Å². The summed E-state index contributed by atoms with van der Waals surface area (Å²) in [6.07, 6.45) is 4.79. The molecular formula is C15H31N3O2. The van der Waals surface area contributed by atoms with E-state index in [2.05, 4.69) is 29.2 Å². The summed E-state index contributed by atoms with van der Waals surface area (Å²) in [7, 11) is 5.98. The maximum absolute atomic E-state index is 11.4. The average molecular weight is 285 g/mol. The molecule has 2 N–H and O–H groups in total. The number of nitrogens with one attached hydrogen (secondary N) is 1. The summed E-state index contributed by atoms with van der Waals surface area (Å²) < 4.78 is 0. The van der Waals surface area contributed by atoms with Crippen LogP contribution < -0.4 is 5.32 Å². The summed E-state index contributed by atoms with van der Waals surface area (Å²) in [5.74, 6) is -0.728. The molecule has 0 amide bonds. The lowest BCUT2D eigenvalue weighted by Gasteiger charge is -2.30. The Kier molecular flexibility index (Phi) is 6.92. The molecule has 1 aliphatic heterocycles. The minimum atomic E-state index is -0.753. The fourth-order valence-corrected chi connectivity index (χ4v) is 3.25. The van der Waals surface area contributed by atoms with Crippen molar-refractivity contribution in [3.05, 3.63) is 0 Å². The predicted molar refractivity (Wildman–Crippen MR) is 82.1 cm³/mol. The van der Waals surface area contributed by atoms with Crippen molar-refractivity contribution >= 4 is 5.97 Å². The van der Waals surface area contributed by atoms with Crippen LogP contribution in [0.3, 0.4) is 0 Å². The molecule has 1 fully saturated rings. The Morgan fingerprint density at radius 3 is 2.70 bits per heavy atom. The van der Waals surface area contributed by atoms with E-state index in [0.717, 1.165) is 26.1 Å². The molecule has 0 aromatic heterocycles. The number of nitrogens with zero attached hydrogens (tertiary/aromatic N) is 2. The molecule has 0 saturated carbocycles. The zero-order chi connectivity index (χ0) is 15.2. The number of carboxylic acid groups (broad SMARTS) is 1. The van der Waals surface area contributed by atoms with Crippen molar-refractivity contribution in [3.63, 3.8) is 0 Å². The highest BCUT2D eigenvalue weighted by atomic mass is 16.4. The number of carboxylic acids is 1. The molecule has 5 nitrogen and oxygen atoms in total. The van der Waals surface area contributed by atoms with Crippen LogP contribution in [-0.4, -0.2) is 73.2 Å². The van der Waals surface area contributed by atoms with Gasteiger partial charge in [0.25, 0.3) is 0 Å².